The van der Waals surface area contributed by atoms with Crippen LogP contribution in [-0.2, 0) is 9.53 Å². The Balaban J connectivity index is 1.89. The molecule has 0 bridgehead atoms. The maximum absolute atomic E-state index is 11.9. The highest BCUT2D eigenvalue weighted by Crippen LogP contribution is 2.23. The Morgan fingerprint density at radius 2 is 2.00 bits per heavy atom. The minimum atomic E-state index is -0.441. The quantitative estimate of drug-likeness (QED) is 0.620. The molecule has 0 heterocycles. The van der Waals surface area contributed by atoms with E-state index in [4.69, 9.17) is 15.2 Å². The maximum Gasteiger partial charge on any atom is 0.338 e. The van der Waals surface area contributed by atoms with Crippen molar-refractivity contribution in [3.05, 3.63) is 23.8 Å². The molecule has 0 unspecified atom stereocenters. The number of carbonyl (C=O) groups excluding carboxylic acids is 2. The second kappa shape index (κ2) is 8.41. The normalized spacial score (nSPS) is 15.0. The number of ether oxygens (including phenoxy) is 2. The first-order valence-corrected chi connectivity index (χ1v) is 8.09. The average molecular weight is 320 g/mol. The number of nitrogens with two attached hydrogens (primary N) is 1. The second-order valence-corrected chi connectivity index (χ2v) is 5.66. The van der Waals surface area contributed by atoms with Gasteiger partial charge in [0.15, 0.2) is 6.61 Å². The molecule has 2 rings (SSSR count). The predicted octanol–water partition coefficient (Wildman–Crippen LogP) is 2.27. The fourth-order valence-corrected chi connectivity index (χ4v) is 2.66. The van der Waals surface area contributed by atoms with Gasteiger partial charge >= 0.3 is 5.97 Å². The summed E-state index contributed by atoms with van der Waals surface area (Å²) in [6.45, 7) is 1.92. The van der Waals surface area contributed by atoms with Crippen LogP contribution in [0, 0.1) is 0 Å². The SMILES string of the molecule is CCOC(=O)c1ccc(N)c(OCC(=O)NC2CCCCC2)c1. The average Bonchev–Trinajstić information content (AvgIpc) is 2.55. The molecule has 126 valence electrons. The van der Waals surface area contributed by atoms with E-state index < -0.39 is 5.97 Å². The third-order valence-electron chi connectivity index (χ3n) is 3.85. The Morgan fingerprint density at radius 3 is 2.70 bits per heavy atom. The number of hydrogen-bond acceptors (Lipinski definition) is 5. The molecule has 1 aromatic rings. The molecule has 0 saturated heterocycles. The minimum Gasteiger partial charge on any atom is -0.482 e. The van der Waals surface area contributed by atoms with Crippen molar-refractivity contribution >= 4 is 17.6 Å². The fourth-order valence-electron chi connectivity index (χ4n) is 2.66. The highest BCUT2D eigenvalue weighted by molar-refractivity contribution is 5.90. The number of anilines is 1. The van der Waals surface area contributed by atoms with Crippen molar-refractivity contribution in [1.29, 1.82) is 0 Å². The Bertz CT molecular complexity index is 554. The first-order chi connectivity index (χ1) is 11.1. The molecule has 3 N–H and O–H groups in total. The largest absolute Gasteiger partial charge is 0.482 e. The van der Waals surface area contributed by atoms with Crippen molar-refractivity contribution in [2.45, 2.75) is 45.1 Å². The van der Waals surface area contributed by atoms with Crippen LogP contribution in [0.2, 0.25) is 0 Å². The monoisotopic (exact) mass is 320 g/mol. The maximum atomic E-state index is 11.9. The molecule has 1 aliphatic carbocycles. The topological polar surface area (TPSA) is 90.7 Å². The van der Waals surface area contributed by atoms with Crippen molar-refractivity contribution in [2.75, 3.05) is 18.9 Å². The van der Waals surface area contributed by atoms with Gasteiger partial charge in [-0.15, -0.1) is 0 Å². The molecule has 0 atom stereocenters. The summed E-state index contributed by atoms with van der Waals surface area (Å²) >= 11 is 0. The number of nitrogens with one attached hydrogen (secondary N) is 1. The molecule has 6 heteroatoms. The lowest BCUT2D eigenvalue weighted by molar-refractivity contribution is -0.124. The van der Waals surface area contributed by atoms with E-state index in [0.717, 1.165) is 25.7 Å². The summed E-state index contributed by atoms with van der Waals surface area (Å²) in [6, 6.07) is 4.88. The molecule has 6 nitrogen and oxygen atoms in total. The molecule has 1 amide bonds. The van der Waals surface area contributed by atoms with Crippen LogP contribution in [0.3, 0.4) is 0 Å². The second-order valence-electron chi connectivity index (χ2n) is 5.66. The molecule has 0 radical (unpaired) electrons. The number of carbonyl (C=O) groups is 2. The number of benzene rings is 1. The summed E-state index contributed by atoms with van der Waals surface area (Å²) < 4.78 is 10.4. The highest BCUT2D eigenvalue weighted by Gasteiger charge is 2.16. The molecule has 1 aliphatic rings. The van der Waals surface area contributed by atoms with Crippen molar-refractivity contribution in [2.24, 2.45) is 0 Å². The number of rotatable bonds is 6. The van der Waals surface area contributed by atoms with Gasteiger partial charge in [-0.3, -0.25) is 4.79 Å². The lowest BCUT2D eigenvalue weighted by Gasteiger charge is -2.22. The first kappa shape index (κ1) is 17.1. The molecule has 1 saturated carbocycles. The van der Waals surface area contributed by atoms with Gasteiger partial charge in [-0.1, -0.05) is 19.3 Å². The Labute approximate surface area is 136 Å². The number of hydrogen-bond donors (Lipinski definition) is 2. The van der Waals surface area contributed by atoms with E-state index in [2.05, 4.69) is 5.32 Å². The molecule has 0 aromatic heterocycles. The van der Waals surface area contributed by atoms with Gasteiger partial charge in [-0.05, 0) is 38.0 Å². The fraction of sp³-hybridized carbons (Fsp3) is 0.529. The number of esters is 1. The van der Waals surface area contributed by atoms with Crippen molar-refractivity contribution in [3.8, 4) is 5.75 Å². The van der Waals surface area contributed by atoms with Gasteiger partial charge in [0.2, 0.25) is 0 Å². The van der Waals surface area contributed by atoms with Crippen LogP contribution in [0.5, 0.6) is 5.75 Å². The van der Waals surface area contributed by atoms with E-state index in [1.807, 2.05) is 0 Å². The third-order valence-corrected chi connectivity index (χ3v) is 3.85. The zero-order valence-electron chi connectivity index (χ0n) is 13.5. The van der Waals surface area contributed by atoms with Crippen LogP contribution >= 0.6 is 0 Å². The Morgan fingerprint density at radius 1 is 1.26 bits per heavy atom. The number of nitrogen functional groups attached to an aromatic ring is 1. The summed E-state index contributed by atoms with van der Waals surface area (Å²) in [6.07, 6.45) is 5.58. The molecule has 1 aromatic carbocycles. The Kier molecular flexibility index (Phi) is 6.26. The summed E-state index contributed by atoms with van der Waals surface area (Å²) in [5.74, 6) is -0.295. The summed E-state index contributed by atoms with van der Waals surface area (Å²) in [4.78, 5) is 23.7. The van der Waals surface area contributed by atoms with Crippen LogP contribution in [0.25, 0.3) is 0 Å². The van der Waals surface area contributed by atoms with E-state index in [9.17, 15) is 9.59 Å². The first-order valence-electron chi connectivity index (χ1n) is 8.09. The summed E-state index contributed by atoms with van der Waals surface area (Å²) in [5, 5.41) is 2.97. The van der Waals surface area contributed by atoms with E-state index in [-0.39, 0.29) is 18.6 Å². The van der Waals surface area contributed by atoms with Gasteiger partial charge in [-0.25, -0.2) is 4.79 Å². The third kappa shape index (κ3) is 5.16. The van der Waals surface area contributed by atoms with Gasteiger partial charge in [0.25, 0.3) is 5.91 Å². The van der Waals surface area contributed by atoms with Crippen molar-refractivity contribution in [1.82, 2.24) is 5.32 Å². The molecular weight excluding hydrogens is 296 g/mol. The molecule has 0 aliphatic heterocycles. The molecule has 1 fully saturated rings. The van der Waals surface area contributed by atoms with Gasteiger partial charge in [-0.2, -0.15) is 0 Å². The van der Waals surface area contributed by atoms with Crippen LogP contribution in [0.1, 0.15) is 49.4 Å². The zero-order valence-corrected chi connectivity index (χ0v) is 13.5. The van der Waals surface area contributed by atoms with E-state index >= 15 is 0 Å². The zero-order chi connectivity index (χ0) is 16.7. The molecule has 0 spiro atoms. The minimum absolute atomic E-state index is 0.118. The predicted molar refractivity (Wildman–Crippen MR) is 87.3 cm³/mol. The number of amides is 1. The highest BCUT2D eigenvalue weighted by atomic mass is 16.5. The van der Waals surface area contributed by atoms with Gasteiger partial charge < -0.3 is 20.5 Å². The Hall–Kier alpha value is -2.24. The van der Waals surface area contributed by atoms with E-state index in [1.165, 1.54) is 12.5 Å². The summed E-state index contributed by atoms with van der Waals surface area (Å²) in [7, 11) is 0. The molecular formula is C17H24N2O4. The van der Waals surface area contributed by atoms with Crippen molar-refractivity contribution < 1.29 is 19.1 Å². The van der Waals surface area contributed by atoms with Gasteiger partial charge in [0, 0.05) is 6.04 Å². The van der Waals surface area contributed by atoms with Gasteiger partial charge in [0.05, 0.1) is 17.9 Å². The van der Waals surface area contributed by atoms with Crippen LogP contribution < -0.4 is 15.8 Å². The smallest absolute Gasteiger partial charge is 0.338 e. The van der Waals surface area contributed by atoms with Crippen molar-refractivity contribution in [3.63, 3.8) is 0 Å². The lowest BCUT2D eigenvalue weighted by Crippen LogP contribution is -2.39. The van der Waals surface area contributed by atoms with Gasteiger partial charge in [0.1, 0.15) is 5.75 Å². The van der Waals surface area contributed by atoms with Crippen LogP contribution in [0.4, 0.5) is 5.69 Å². The van der Waals surface area contributed by atoms with E-state index in [0.29, 0.717) is 23.6 Å². The van der Waals surface area contributed by atoms with Crippen LogP contribution in [0.15, 0.2) is 18.2 Å². The standard InChI is InChI=1S/C17H24N2O4/c1-2-22-17(21)12-8-9-14(18)15(10-12)23-11-16(20)19-13-6-4-3-5-7-13/h8-10,13H,2-7,11,18H2,1H3,(H,19,20). The summed E-state index contributed by atoms with van der Waals surface area (Å²) in [5.41, 5.74) is 6.55. The van der Waals surface area contributed by atoms with Crippen LogP contribution in [-0.4, -0.2) is 31.1 Å². The van der Waals surface area contributed by atoms with E-state index in [1.54, 1.807) is 19.1 Å². The molecule has 23 heavy (non-hydrogen) atoms. The lowest BCUT2D eigenvalue weighted by atomic mass is 9.95.